The van der Waals surface area contributed by atoms with Crippen LogP contribution in [0.15, 0.2) is 53.1 Å². The van der Waals surface area contributed by atoms with E-state index in [-0.39, 0.29) is 5.91 Å². The molecule has 0 fully saturated rings. The van der Waals surface area contributed by atoms with Gasteiger partial charge in [0, 0.05) is 11.4 Å². The molecule has 0 spiro atoms. The highest BCUT2D eigenvalue weighted by Gasteiger charge is 2.17. The van der Waals surface area contributed by atoms with Gasteiger partial charge in [0.15, 0.2) is 0 Å². The summed E-state index contributed by atoms with van der Waals surface area (Å²) in [6, 6.07) is 13.1. The molecule has 0 saturated heterocycles. The summed E-state index contributed by atoms with van der Waals surface area (Å²) >= 11 is 0. The molecule has 0 atom stereocenters. The van der Waals surface area contributed by atoms with E-state index in [0.717, 1.165) is 17.1 Å². The van der Waals surface area contributed by atoms with E-state index in [9.17, 15) is 4.79 Å². The van der Waals surface area contributed by atoms with Crippen LogP contribution in [-0.4, -0.2) is 17.1 Å². The molecule has 1 amide bonds. The summed E-state index contributed by atoms with van der Waals surface area (Å²) in [6.45, 7) is 7.00. The minimum atomic E-state index is -0.147. The van der Waals surface area contributed by atoms with Gasteiger partial charge in [-0.3, -0.25) is 4.79 Å². The van der Waals surface area contributed by atoms with Crippen LogP contribution >= 0.6 is 0 Å². The lowest BCUT2D eigenvalue weighted by Crippen LogP contribution is -2.14. The first kappa shape index (κ1) is 16.9. The van der Waals surface area contributed by atoms with Crippen LogP contribution in [-0.2, 0) is 6.54 Å². The first-order chi connectivity index (χ1) is 12.1. The molecule has 3 aromatic rings. The summed E-state index contributed by atoms with van der Waals surface area (Å²) in [5, 5.41) is 2.95. The van der Waals surface area contributed by atoms with Gasteiger partial charge >= 0.3 is 0 Å². The average molecular weight is 338 g/mol. The summed E-state index contributed by atoms with van der Waals surface area (Å²) in [6.07, 6.45) is 1.65. The van der Waals surface area contributed by atoms with Crippen LogP contribution in [0.25, 0.3) is 0 Å². The van der Waals surface area contributed by atoms with Crippen LogP contribution < -0.4 is 10.1 Å². The van der Waals surface area contributed by atoms with Crippen LogP contribution in [0.3, 0.4) is 0 Å². The standard InChI is InChI=1S/C20H22N2O3/c1-4-24-19-10-6-5-9-18(19)21-20(23)17-12-14(2)22(15(17)3)13-16-8-7-11-25-16/h5-12H,4,13H2,1-3H3,(H,21,23). The molecule has 130 valence electrons. The first-order valence-corrected chi connectivity index (χ1v) is 8.32. The van der Waals surface area contributed by atoms with E-state index in [0.29, 0.717) is 30.2 Å². The second-order valence-corrected chi connectivity index (χ2v) is 5.83. The number of hydrogen-bond donors (Lipinski definition) is 1. The lowest BCUT2D eigenvalue weighted by Gasteiger charge is -2.11. The van der Waals surface area contributed by atoms with Crippen molar-refractivity contribution in [3.63, 3.8) is 0 Å². The molecule has 3 rings (SSSR count). The fourth-order valence-electron chi connectivity index (χ4n) is 2.87. The number of carbonyl (C=O) groups is 1. The zero-order valence-corrected chi connectivity index (χ0v) is 14.7. The second kappa shape index (κ2) is 7.30. The molecule has 0 bridgehead atoms. The quantitative estimate of drug-likeness (QED) is 0.725. The molecule has 0 saturated carbocycles. The van der Waals surface area contributed by atoms with Crippen molar-refractivity contribution >= 4 is 11.6 Å². The molecule has 5 nitrogen and oxygen atoms in total. The molecule has 2 heterocycles. The van der Waals surface area contributed by atoms with Gasteiger partial charge in [-0.05, 0) is 51.1 Å². The fraction of sp³-hybridized carbons (Fsp3) is 0.250. The molecule has 0 aliphatic carbocycles. The maximum absolute atomic E-state index is 12.8. The number of aromatic nitrogens is 1. The summed E-state index contributed by atoms with van der Waals surface area (Å²) in [5.41, 5.74) is 3.23. The number of para-hydroxylation sites is 2. The van der Waals surface area contributed by atoms with Crippen LogP contribution in [0.1, 0.15) is 34.4 Å². The summed E-state index contributed by atoms with van der Waals surface area (Å²) in [5.74, 6) is 1.38. The van der Waals surface area contributed by atoms with Gasteiger partial charge in [-0.1, -0.05) is 12.1 Å². The third-order valence-corrected chi connectivity index (χ3v) is 4.15. The lowest BCUT2D eigenvalue weighted by molar-refractivity contribution is 0.102. The predicted molar refractivity (Wildman–Crippen MR) is 97.3 cm³/mol. The molecule has 0 aliphatic heterocycles. The molecule has 1 N–H and O–H groups in total. The largest absolute Gasteiger partial charge is 0.492 e. The summed E-state index contributed by atoms with van der Waals surface area (Å²) < 4.78 is 13.1. The Balaban J connectivity index is 1.84. The topological polar surface area (TPSA) is 56.4 Å². The van der Waals surface area contributed by atoms with Gasteiger partial charge in [0.25, 0.3) is 5.91 Å². The van der Waals surface area contributed by atoms with Crippen molar-refractivity contribution in [2.45, 2.75) is 27.3 Å². The number of benzene rings is 1. The van der Waals surface area contributed by atoms with Gasteiger partial charge in [-0.25, -0.2) is 0 Å². The number of anilines is 1. The Labute approximate surface area is 147 Å². The van der Waals surface area contributed by atoms with E-state index in [1.807, 2.05) is 63.2 Å². The van der Waals surface area contributed by atoms with Crippen molar-refractivity contribution in [1.29, 1.82) is 0 Å². The smallest absolute Gasteiger partial charge is 0.257 e. The minimum Gasteiger partial charge on any atom is -0.492 e. The van der Waals surface area contributed by atoms with Crippen LogP contribution in [0.5, 0.6) is 5.75 Å². The highest BCUT2D eigenvalue weighted by atomic mass is 16.5. The number of nitrogens with zero attached hydrogens (tertiary/aromatic N) is 1. The molecule has 0 unspecified atom stereocenters. The van der Waals surface area contributed by atoms with Crippen LogP contribution in [0.2, 0.25) is 0 Å². The first-order valence-electron chi connectivity index (χ1n) is 8.32. The lowest BCUT2D eigenvalue weighted by atomic mass is 10.2. The number of nitrogens with one attached hydrogen (secondary N) is 1. The van der Waals surface area contributed by atoms with Crippen molar-refractivity contribution in [1.82, 2.24) is 4.57 Å². The Kier molecular flexibility index (Phi) is 4.93. The summed E-state index contributed by atoms with van der Waals surface area (Å²) in [4.78, 5) is 12.8. The SMILES string of the molecule is CCOc1ccccc1NC(=O)c1cc(C)n(Cc2ccco2)c1C. The van der Waals surface area contributed by atoms with Crippen molar-refractivity contribution in [3.8, 4) is 5.75 Å². The van der Waals surface area contributed by atoms with E-state index in [1.165, 1.54) is 0 Å². The zero-order chi connectivity index (χ0) is 17.8. The van der Waals surface area contributed by atoms with E-state index in [2.05, 4.69) is 9.88 Å². The number of ether oxygens (including phenoxy) is 1. The van der Waals surface area contributed by atoms with Crippen LogP contribution in [0.4, 0.5) is 5.69 Å². The highest BCUT2D eigenvalue weighted by Crippen LogP contribution is 2.25. The Bertz CT molecular complexity index is 863. The Morgan fingerprint density at radius 2 is 2.00 bits per heavy atom. The molecule has 1 aromatic carbocycles. The number of rotatable bonds is 6. The highest BCUT2D eigenvalue weighted by molar-refractivity contribution is 6.06. The molecule has 5 heteroatoms. The third-order valence-electron chi connectivity index (χ3n) is 4.15. The maximum Gasteiger partial charge on any atom is 0.257 e. The van der Waals surface area contributed by atoms with E-state index >= 15 is 0 Å². The van der Waals surface area contributed by atoms with E-state index in [1.54, 1.807) is 6.26 Å². The zero-order valence-electron chi connectivity index (χ0n) is 14.7. The van der Waals surface area contributed by atoms with Gasteiger partial charge in [-0.15, -0.1) is 0 Å². The monoisotopic (exact) mass is 338 g/mol. The minimum absolute atomic E-state index is 0.147. The van der Waals surface area contributed by atoms with Gasteiger partial charge in [0.05, 0.1) is 30.7 Å². The van der Waals surface area contributed by atoms with Crippen molar-refractivity contribution in [3.05, 3.63) is 71.4 Å². The number of amides is 1. The molecular formula is C20H22N2O3. The maximum atomic E-state index is 12.8. The Morgan fingerprint density at radius 3 is 2.72 bits per heavy atom. The molecule has 0 radical (unpaired) electrons. The number of hydrogen-bond acceptors (Lipinski definition) is 3. The predicted octanol–water partition coefficient (Wildman–Crippen LogP) is 4.40. The van der Waals surface area contributed by atoms with Gasteiger partial charge in [-0.2, -0.15) is 0 Å². The number of carbonyl (C=O) groups excluding carboxylic acids is 1. The average Bonchev–Trinajstić information content (AvgIpc) is 3.20. The van der Waals surface area contributed by atoms with Crippen molar-refractivity contribution < 1.29 is 13.9 Å². The second-order valence-electron chi connectivity index (χ2n) is 5.83. The molecule has 0 aliphatic rings. The summed E-state index contributed by atoms with van der Waals surface area (Å²) in [7, 11) is 0. The van der Waals surface area contributed by atoms with Crippen molar-refractivity contribution in [2.24, 2.45) is 0 Å². The van der Waals surface area contributed by atoms with Gasteiger partial charge in [0.1, 0.15) is 11.5 Å². The molecule has 2 aromatic heterocycles. The third kappa shape index (κ3) is 3.60. The van der Waals surface area contributed by atoms with Crippen LogP contribution in [0, 0.1) is 13.8 Å². The fourth-order valence-corrected chi connectivity index (χ4v) is 2.87. The normalized spacial score (nSPS) is 10.7. The number of aryl methyl sites for hydroxylation is 1. The van der Waals surface area contributed by atoms with Gasteiger partial charge < -0.3 is 19.0 Å². The van der Waals surface area contributed by atoms with Gasteiger partial charge in [0.2, 0.25) is 0 Å². The Morgan fingerprint density at radius 1 is 1.20 bits per heavy atom. The number of furan rings is 1. The van der Waals surface area contributed by atoms with Crippen molar-refractivity contribution in [2.75, 3.05) is 11.9 Å². The Hall–Kier alpha value is -2.95. The molecular weight excluding hydrogens is 316 g/mol. The van der Waals surface area contributed by atoms with E-state index < -0.39 is 0 Å². The van der Waals surface area contributed by atoms with E-state index in [4.69, 9.17) is 9.15 Å². The molecule has 25 heavy (non-hydrogen) atoms.